The number of morpholine rings is 1. The molecule has 0 aromatic carbocycles. The van der Waals surface area contributed by atoms with Gasteiger partial charge < -0.3 is 19.8 Å². The maximum absolute atomic E-state index is 10.6. The summed E-state index contributed by atoms with van der Waals surface area (Å²) in [6, 6.07) is -0.120. The monoisotopic (exact) mass is 175 g/mol. The first kappa shape index (κ1) is 9.28. The SMILES string of the molecule is C[C@H]1CO[C@H](CO)CN1C(=O)O. The molecule has 0 bridgehead atoms. The molecule has 0 radical (unpaired) electrons. The predicted octanol–water partition coefficient (Wildman–Crippen LogP) is -0.254. The van der Waals surface area contributed by atoms with Crippen LogP contribution in [0.5, 0.6) is 0 Å². The van der Waals surface area contributed by atoms with E-state index < -0.39 is 6.09 Å². The molecule has 1 heterocycles. The Morgan fingerprint density at radius 3 is 2.92 bits per heavy atom. The topological polar surface area (TPSA) is 70.0 Å². The Balaban J connectivity index is 2.53. The van der Waals surface area contributed by atoms with Crippen LogP contribution < -0.4 is 0 Å². The first-order valence-corrected chi connectivity index (χ1v) is 3.87. The first-order chi connectivity index (χ1) is 5.65. The lowest BCUT2D eigenvalue weighted by molar-refractivity contribution is -0.0687. The fourth-order valence-electron chi connectivity index (χ4n) is 1.19. The normalized spacial score (nSPS) is 30.3. The van der Waals surface area contributed by atoms with Crippen molar-refractivity contribution in [3.05, 3.63) is 0 Å². The maximum Gasteiger partial charge on any atom is 0.407 e. The third kappa shape index (κ3) is 1.86. The summed E-state index contributed by atoms with van der Waals surface area (Å²) in [6.07, 6.45) is -1.32. The number of nitrogens with zero attached hydrogens (tertiary/aromatic N) is 1. The van der Waals surface area contributed by atoms with Crippen molar-refractivity contribution in [1.82, 2.24) is 4.90 Å². The van der Waals surface area contributed by atoms with Crippen LogP contribution in [0, 0.1) is 0 Å². The molecule has 0 unspecified atom stereocenters. The quantitative estimate of drug-likeness (QED) is 0.576. The van der Waals surface area contributed by atoms with Crippen molar-refractivity contribution in [2.45, 2.75) is 19.1 Å². The first-order valence-electron chi connectivity index (χ1n) is 3.87. The van der Waals surface area contributed by atoms with E-state index in [9.17, 15) is 4.79 Å². The number of hydrogen-bond acceptors (Lipinski definition) is 3. The van der Waals surface area contributed by atoms with E-state index in [-0.39, 0.29) is 25.3 Å². The number of hydrogen-bond donors (Lipinski definition) is 2. The van der Waals surface area contributed by atoms with Gasteiger partial charge in [0.05, 0.1) is 31.9 Å². The van der Waals surface area contributed by atoms with Gasteiger partial charge in [-0.25, -0.2) is 4.79 Å². The van der Waals surface area contributed by atoms with Crippen LogP contribution in [0.25, 0.3) is 0 Å². The number of aliphatic hydroxyl groups excluding tert-OH is 1. The molecule has 1 aliphatic heterocycles. The molecule has 1 fully saturated rings. The van der Waals surface area contributed by atoms with Crippen LogP contribution in [0.4, 0.5) is 4.79 Å². The zero-order valence-electron chi connectivity index (χ0n) is 6.93. The maximum atomic E-state index is 10.6. The van der Waals surface area contributed by atoms with Crippen LogP contribution >= 0.6 is 0 Å². The van der Waals surface area contributed by atoms with Gasteiger partial charge in [0.2, 0.25) is 0 Å². The molecule has 5 heteroatoms. The minimum absolute atomic E-state index is 0.120. The highest BCUT2D eigenvalue weighted by Crippen LogP contribution is 2.10. The van der Waals surface area contributed by atoms with E-state index in [0.29, 0.717) is 6.61 Å². The molecule has 0 aliphatic carbocycles. The number of carboxylic acid groups (broad SMARTS) is 1. The van der Waals surface area contributed by atoms with Gasteiger partial charge in [-0.3, -0.25) is 0 Å². The minimum atomic E-state index is -0.954. The van der Waals surface area contributed by atoms with Crippen molar-refractivity contribution in [1.29, 1.82) is 0 Å². The van der Waals surface area contributed by atoms with Gasteiger partial charge in [0.1, 0.15) is 0 Å². The average molecular weight is 175 g/mol. The van der Waals surface area contributed by atoms with Crippen molar-refractivity contribution < 1.29 is 19.7 Å². The lowest BCUT2D eigenvalue weighted by Gasteiger charge is -2.35. The van der Waals surface area contributed by atoms with E-state index in [1.807, 2.05) is 0 Å². The van der Waals surface area contributed by atoms with E-state index in [1.54, 1.807) is 6.92 Å². The summed E-state index contributed by atoms with van der Waals surface area (Å²) >= 11 is 0. The molecule has 0 saturated carbocycles. The van der Waals surface area contributed by atoms with Gasteiger partial charge in [-0.2, -0.15) is 0 Å². The van der Waals surface area contributed by atoms with E-state index >= 15 is 0 Å². The van der Waals surface area contributed by atoms with Gasteiger partial charge in [-0.1, -0.05) is 0 Å². The summed E-state index contributed by atoms with van der Waals surface area (Å²) in [6.45, 7) is 2.27. The zero-order valence-corrected chi connectivity index (χ0v) is 6.93. The molecule has 0 aromatic heterocycles. The minimum Gasteiger partial charge on any atom is -0.465 e. The largest absolute Gasteiger partial charge is 0.465 e. The summed E-state index contributed by atoms with van der Waals surface area (Å²) in [7, 11) is 0. The summed E-state index contributed by atoms with van der Waals surface area (Å²) < 4.78 is 5.16. The Labute approximate surface area is 70.5 Å². The van der Waals surface area contributed by atoms with Crippen LogP contribution in [0.15, 0.2) is 0 Å². The fraction of sp³-hybridized carbons (Fsp3) is 0.857. The van der Waals surface area contributed by atoms with Crippen LogP contribution in [-0.4, -0.2) is 53.1 Å². The van der Waals surface area contributed by atoms with Gasteiger partial charge in [-0.15, -0.1) is 0 Å². The Bertz CT molecular complexity index is 173. The molecule has 0 aromatic rings. The van der Waals surface area contributed by atoms with Gasteiger partial charge in [0, 0.05) is 0 Å². The van der Waals surface area contributed by atoms with Crippen molar-refractivity contribution in [3.63, 3.8) is 0 Å². The smallest absolute Gasteiger partial charge is 0.407 e. The number of ether oxygens (including phenoxy) is 1. The van der Waals surface area contributed by atoms with Gasteiger partial charge in [0.25, 0.3) is 0 Å². The average Bonchev–Trinajstić information content (AvgIpc) is 2.05. The van der Waals surface area contributed by atoms with Crippen LogP contribution in [-0.2, 0) is 4.74 Å². The highest BCUT2D eigenvalue weighted by Gasteiger charge is 2.28. The molecule has 2 atom stereocenters. The molecule has 12 heavy (non-hydrogen) atoms. The van der Waals surface area contributed by atoms with Crippen LogP contribution in [0.1, 0.15) is 6.92 Å². The molecule has 1 saturated heterocycles. The van der Waals surface area contributed by atoms with Crippen molar-refractivity contribution in [3.8, 4) is 0 Å². The van der Waals surface area contributed by atoms with Gasteiger partial charge >= 0.3 is 6.09 Å². The van der Waals surface area contributed by atoms with Gasteiger partial charge in [0.15, 0.2) is 0 Å². The number of rotatable bonds is 1. The lowest BCUT2D eigenvalue weighted by atomic mass is 10.2. The molecule has 70 valence electrons. The predicted molar refractivity (Wildman–Crippen MR) is 41.0 cm³/mol. The van der Waals surface area contributed by atoms with Crippen LogP contribution in [0.2, 0.25) is 0 Å². The molecule has 1 rings (SSSR count). The number of carbonyl (C=O) groups is 1. The highest BCUT2D eigenvalue weighted by molar-refractivity contribution is 5.65. The molecule has 1 amide bonds. The molecule has 2 N–H and O–H groups in total. The van der Waals surface area contributed by atoms with Crippen molar-refractivity contribution in [2.24, 2.45) is 0 Å². The summed E-state index contributed by atoms with van der Waals surface area (Å²) in [5, 5.41) is 17.4. The van der Waals surface area contributed by atoms with Crippen molar-refractivity contribution >= 4 is 6.09 Å². The van der Waals surface area contributed by atoms with Gasteiger partial charge in [-0.05, 0) is 6.92 Å². The molecule has 0 spiro atoms. The summed E-state index contributed by atoms with van der Waals surface area (Å²) in [4.78, 5) is 11.9. The molecular weight excluding hydrogens is 162 g/mol. The van der Waals surface area contributed by atoms with Crippen LogP contribution in [0.3, 0.4) is 0 Å². The third-order valence-electron chi connectivity index (χ3n) is 1.95. The lowest BCUT2D eigenvalue weighted by Crippen LogP contribution is -2.51. The molecular formula is C7H13NO4. The summed E-state index contributed by atoms with van der Waals surface area (Å²) in [5.41, 5.74) is 0. The highest BCUT2D eigenvalue weighted by atomic mass is 16.5. The molecule has 1 aliphatic rings. The Kier molecular flexibility index (Phi) is 2.88. The second-order valence-electron chi connectivity index (χ2n) is 2.92. The number of amides is 1. The third-order valence-corrected chi connectivity index (χ3v) is 1.95. The van der Waals surface area contributed by atoms with E-state index in [4.69, 9.17) is 14.9 Å². The standard InChI is InChI=1S/C7H13NO4/c1-5-4-12-6(3-9)2-8(5)7(10)11/h5-6,9H,2-4H2,1H3,(H,10,11)/t5-,6-/m0/s1. The van der Waals surface area contributed by atoms with E-state index in [0.717, 1.165) is 0 Å². The molecule has 5 nitrogen and oxygen atoms in total. The summed E-state index contributed by atoms with van der Waals surface area (Å²) in [5.74, 6) is 0. The second kappa shape index (κ2) is 3.73. The van der Waals surface area contributed by atoms with E-state index in [2.05, 4.69) is 0 Å². The second-order valence-corrected chi connectivity index (χ2v) is 2.92. The zero-order chi connectivity index (χ0) is 9.14. The van der Waals surface area contributed by atoms with Crippen molar-refractivity contribution in [2.75, 3.05) is 19.8 Å². The number of aliphatic hydroxyl groups is 1. The Morgan fingerprint density at radius 2 is 2.42 bits per heavy atom. The Morgan fingerprint density at radius 1 is 1.75 bits per heavy atom. The van der Waals surface area contributed by atoms with E-state index in [1.165, 1.54) is 4.90 Å². The fourth-order valence-corrected chi connectivity index (χ4v) is 1.19. The Hall–Kier alpha value is -0.810.